The number of hydrogen-bond acceptors (Lipinski definition) is 2. The molecule has 1 aliphatic heterocycles. The number of azo groups is 1. The Bertz CT molecular complexity index is 209. The van der Waals surface area contributed by atoms with Gasteiger partial charge in [-0.2, -0.15) is 10.2 Å². The molecule has 0 spiro atoms. The molecule has 0 saturated heterocycles. The molecule has 0 unspecified atom stereocenters. The van der Waals surface area contributed by atoms with Crippen LogP contribution >= 0.6 is 0 Å². The van der Waals surface area contributed by atoms with Crippen LogP contribution in [-0.2, 0) is 0 Å². The van der Waals surface area contributed by atoms with Crippen LogP contribution in [0.5, 0.6) is 0 Å². The van der Waals surface area contributed by atoms with Gasteiger partial charge in [0, 0.05) is 11.6 Å². The molecule has 54 valence electrons. The van der Waals surface area contributed by atoms with Gasteiger partial charge >= 0.3 is 0 Å². The van der Waals surface area contributed by atoms with Crippen molar-refractivity contribution in [3.8, 4) is 0 Å². The molecule has 0 atom stereocenters. The molecule has 0 bridgehead atoms. The zero-order valence-electron chi connectivity index (χ0n) is 6.63. The van der Waals surface area contributed by atoms with Crippen LogP contribution in [0, 0.1) is 5.41 Å². The minimum Gasteiger partial charge on any atom is -0.159 e. The summed E-state index contributed by atoms with van der Waals surface area (Å²) in [7, 11) is 0. The monoisotopic (exact) mass is 136 g/mol. The van der Waals surface area contributed by atoms with Crippen molar-refractivity contribution < 1.29 is 0 Å². The standard InChI is InChI=1S/C8H12N2/c1-7-6-8(2,3)4-5-9-10-7/h4-6H,1-3H3. The van der Waals surface area contributed by atoms with Gasteiger partial charge in [0.1, 0.15) is 0 Å². The third kappa shape index (κ3) is 1.79. The minimum absolute atomic E-state index is 0.105. The molecule has 10 heavy (non-hydrogen) atoms. The van der Waals surface area contributed by atoms with Gasteiger partial charge in [-0.3, -0.25) is 0 Å². The second kappa shape index (κ2) is 2.37. The van der Waals surface area contributed by atoms with E-state index in [1.54, 1.807) is 6.20 Å². The van der Waals surface area contributed by atoms with Crippen molar-refractivity contribution in [1.82, 2.24) is 0 Å². The summed E-state index contributed by atoms with van der Waals surface area (Å²) in [5, 5.41) is 7.74. The molecule has 0 aromatic rings. The summed E-state index contributed by atoms with van der Waals surface area (Å²) in [6.07, 6.45) is 5.88. The summed E-state index contributed by atoms with van der Waals surface area (Å²) in [5.41, 5.74) is 1.09. The number of allylic oxidation sites excluding steroid dienone is 3. The highest BCUT2D eigenvalue weighted by molar-refractivity contribution is 5.13. The second-order valence-corrected chi connectivity index (χ2v) is 3.14. The third-order valence-electron chi connectivity index (χ3n) is 1.37. The highest BCUT2D eigenvalue weighted by Crippen LogP contribution is 2.23. The van der Waals surface area contributed by atoms with Crippen LogP contribution in [0.25, 0.3) is 0 Å². The Kier molecular flexibility index (Phi) is 1.70. The van der Waals surface area contributed by atoms with E-state index in [0.717, 1.165) is 5.70 Å². The zero-order valence-corrected chi connectivity index (χ0v) is 6.63. The van der Waals surface area contributed by atoms with E-state index in [1.165, 1.54) is 0 Å². The molecule has 1 aliphatic rings. The molecule has 0 aromatic heterocycles. The fourth-order valence-corrected chi connectivity index (χ4v) is 0.965. The fourth-order valence-electron chi connectivity index (χ4n) is 0.965. The maximum atomic E-state index is 3.92. The van der Waals surface area contributed by atoms with E-state index in [4.69, 9.17) is 0 Å². The third-order valence-corrected chi connectivity index (χ3v) is 1.37. The lowest BCUT2D eigenvalue weighted by Crippen LogP contribution is -2.01. The van der Waals surface area contributed by atoms with Crippen LogP contribution in [-0.4, -0.2) is 0 Å². The smallest absolute Gasteiger partial charge is 0.0568 e. The maximum Gasteiger partial charge on any atom is 0.0568 e. The summed E-state index contributed by atoms with van der Waals surface area (Å²) in [6.45, 7) is 6.21. The molecule has 0 saturated carbocycles. The van der Waals surface area contributed by atoms with E-state index >= 15 is 0 Å². The first-order chi connectivity index (χ1) is 4.60. The second-order valence-electron chi connectivity index (χ2n) is 3.14. The van der Waals surface area contributed by atoms with E-state index < -0.39 is 0 Å². The zero-order chi connectivity index (χ0) is 7.61. The van der Waals surface area contributed by atoms with Gasteiger partial charge in [0.05, 0.1) is 5.70 Å². The molecular weight excluding hydrogens is 124 g/mol. The van der Waals surface area contributed by atoms with E-state index in [0.29, 0.717) is 0 Å². The van der Waals surface area contributed by atoms with Gasteiger partial charge in [0.15, 0.2) is 0 Å². The normalized spacial score (nSPS) is 22.1. The Morgan fingerprint density at radius 2 is 2.10 bits per heavy atom. The van der Waals surface area contributed by atoms with Crippen molar-refractivity contribution in [2.24, 2.45) is 15.6 Å². The van der Waals surface area contributed by atoms with Gasteiger partial charge in [-0.25, -0.2) is 0 Å². The van der Waals surface area contributed by atoms with Crippen LogP contribution in [0.3, 0.4) is 0 Å². The average molecular weight is 136 g/mol. The molecule has 0 fully saturated rings. The molecule has 0 N–H and O–H groups in total. The Morgan fingerprint density at radius 3 is 2.80 bits per heavy atom. The summed E-state index contributed by atoms with van der Waals surface area (Å²) in [6, 6.07) is 0. The lowest BCUT2D eigenvalue weighted by atomic mass is 9.93. The van der Waals surface area contributed by atoms with Gasteiger partial charge in [0.2, 0.25) is 0 Å². The van der Waals surface area contributed by atoms with Crippen LogP contribution < -0.4 is 0 Å². The predicted octanol–water partition coefficient (Wildman–Crippen LogP) is 2.90. The molecule has 2 heteroatoms. The summed E-state index contributed by atoms with van der Waals surface area (Å²) < 4.78 is 0. The van der Waals surface area contributed by atoms with Gasteiger partial charge in [-0.05, 0) is 6.92 Å². The Hall–Kier alpha value is -0.920. The van der Waals surface area contributed by atoms with E-state index in [9.17, 15) is 0 Å². The topological polar surface area (TPSA) is 24.7 Å². The molecule has 1 heterocycles. The van der Waals surface area contributed by atoms with Crippen molar-refractivity contribution in [2.45, 2.75) is 20.8 Å². The van der Waals surface area contributed by atoms with Crippen molar-refractivity contribution in [1.29, 1.82) is 0 Å². The molecule has 2 nitrogen and oxygen atoms in total. The Morgan fingerprint density at radius 1 is 1.40 bits per heavy atom. The maximum absolute atomic E-state index is 3.92. The predicted molar refractivity (Wildman–Crippen MR) is 41.5 cm³/mol. The SMILES string of the molecule is CC1=CC(C)(C)C=CN=N1. The van der Waals surface area contributed by atoms with Crippen LogP contribution in [0.15, 0.2) is 34.3 Å². The molecule has 0 amide bonds. The van der Waals surface area contributed by atoms with Gasteiger partial charge in [-0.1, -0.05) is 26.0 Å². The van der Waals surface area contributed by atoms with Crippen molar-refractivity contribution in [2.75, 3.05) is 0 Å². The Balaban J connectivity index is 2.93. The van der Waals surface area contributed by atoms with Crippen molar-refractivity contribution in [3.05, 3.63) is 24.0 Å². The first-order valence-electron chi connectivity index (χ1n) is 3.38. The molecule has 1 rings (SSSR count). The number of rotatable bonds is 0. The van der Waals surface area contributed by atoms with Gasteiger partial charge in [0.25, 0.3) is 0 Å². The summed E-state index contributed by atoms with van der Waals surface area (Å²) in [4.78, 5) is 0. The van der Waals surface area contributed by atoms with E-state index in [2.05, 4.69) is 30.2 Å². The molecule has 0 aliphatic carbocycles. The van der Waals surface area contributed by atoms with E-state index in [-0.39, 0.29) is 5.41 Å². The van der Waals surface area contributed by atoms with Crippen molar-refractivity contribution in [3.63, 3.8) is 0 Å². The number of nitrogens with zero attached hydrogens (tertiary/aromatic N) is 2. The summed E-state index contributed by atoms with van der Waals surface area (Å²) in [5.74, 6) is 0. The lowest BCUT2D eigenvalue weighted by Gasteiger charge is -2.12. The fraction of sp³-hybridized carbons (Fsp3) is 0.500. The van der Waals surface area contributed by atoms with Crippen LogP contribution in [0.1, 0.15) is 20.8 Å². The van der Waals surface area contributed by atoms with Gasteiger partial charge in [-0.15, -0.1) is 0 Å². The van der Waals surface area contributed by atoms with E-state index in [1.807, 2.05) is 13.0 Å². The van der Waals surface area contributed by atoms with Crippen LogP contribution in [0.2, 0.25) is 0 Å². The highest BCUT2D eigenvalue weighted by atomic mass is 15.1. The lowest BCUT2D eigenvalue weighted by molar-refractivity contribution is 0.621. The minimum atomic E-state index is 0.105. The average Bonchev–Trinajstić information content (AvgIpc) is 1.90. The quantitative estimate of drug-likeness (QED) is 0.489. The largest absolute Gasteiger partial charge is 0.159 e. The first kappa shape index (κ1) is 7.19. The highest BCUT2D eigenvalue weighted by Gasteiger charge is 2.11. The van der Waals surface area contributed by atoms with Crippen LogP contribution in [0.4, 0.5) is 0 Å². The molecule has 0 aromatic carbocycles. The Labute approximate surface area is 61.4 Å². The number of hydrogen-bond donors (Lipinski definition) is 0. The summed E-state index contributed by atoms with van der Waals surface area (Å²) >= 11 is 0. The van der Waals surface area contributed by atoms with Gasteiger partial charge < -0.3 is 0 Å². The van der Waals surface area contributed by atoms with Crippen molar-refractivity contribution >= 4 is 0 Å². The molecular formula is C8H12N2. The first-order valence-corrected chi connectivity index (χ1v) is 3.38. The molecule has 0 radical (unpaired) electrons.